The van der Waals surface area contributed by atoms with Crippen molar-refractivity contribution in [1.82, 2.24) is 15.2 Å². The molecule has 1 atom stereocenters. The van der Waals surface area contributed by atoms with E-state index in [4.69, 9.17) is 0 Å². The van der Waals surface area contributed by atoms with Crippen LogP contribution >= 0.6 is 0 Å². The highest BCUT2D eigenvalue weighted by Crippen LogP contribution is 2.15. The molecule has 5 nitrogen and oxygen atoms in total. The van der Waals surface area contributed by atoms with Gasteiger partial charge in [0.25, 0.3) is 5.91 Å². The highest BCUT2D eigenvalue weighted by atomic mass is 16.1. The van der Waals surface area contributed by atoms with Crippen LogP contribution in [-0.4, -0.2) is 48.5 Å². The van der Waals surface area contributed by atoms with Gasteiger partial charge in [-0.25, -0.2) is 4.98 Å². The van der Waals surface area contributed by atoms with Gasteiger partial charge in [0.1, 0.15) is 5.69 Å². The van der Waals surface area contributed by atoms with E-state index in [0.29, 0.717) is 18.3 Å². The molecular formula is C14H22N4O. The predicted octanol–water partition coefficient (Wildman–Crippen LogP) is 1.34. The second kappa shape index (κ2) is 6.52. The molecule has 0 spiro atoms. The molecule has 0 aromatic carbocycles. The molecule has 0 saturated carbocycles. The first-order chi connectivity index (χ1) is 9.24. The fourth-order valence-electron chi connectivity index (χ4n) is 2.52. The van der Waals surface area contributed by atoms with Crippen LogP contribution in [-0.2, 0) is 0 Å². The van der Waals surface area contributed by atoms with Crippen molar-refractivity contribution < 1.29 is 4.79 Å². The molecule has 2 heterocycles. The molecule has 5 heteroatoms. The summed E-state index contributed by atoms with van der Waals surface area (Å²) >= 11 is 0. The van der Waals surface area contributed by atoms with Gasteiger partial charge in [0.2, 0.25) is 0 Å². The van der Waals surface area contributed by atoms with E-state index in [1.165, 1.54) is 12.8 Å². The van der Waals surface area contributed by atoms with Crippen molar-refractivity contribution in [2.24, 2.45) is 0 Å². The Hall–Kier alpha value is -1.62. The van der Waals surface area contributed by atoms with Gasteiger partial charge in [-0.05, 0) is 38.1 Å². The molecule has 0 bridgehead atoms. The first-order valence-electron chi connectivity index (χ1n) is 6.90. The van der Waals surface area contributed by atoms with Gasteiger partial charge in [0.15, 0.2) is 0 Å². The average molecular weight is 262 g/mol. The van der Waals surface area contributed by atoms with Crippen LogP contribution in [0.1, 0.15) is 30.3 Å². The number of carbonyl (C=O) groups excluding carboxylic acids is 1. The van der Waals surface area contributed by atoms with Gasteiger partial charge in [-0.1, -0.05) is 6.92 Å². The largest absolute Gasteiger partial charge is 0.387 e. The van der Waals surface area contributed by atoms with Crippen LogP contribution in [0.4, 0.5) is 5.69 Å². The van der Waals surface area contributed by atoms with E-state index in [2.05, 4.69) is 27.4 Å². The summed E-state index contributed by atoms with van der Waals surface area (Å²) in [6.07, 6.45) is 4.06. The number of likely N-dealkylation sites (tertiary alicyclic amines) is 1. The Kier molecular flexibility index (Phi) is 4.74. The Morgan fingerprint density at radius 3 is 3.00 bits per heavy atom. The molecule has 2 N–H and O–H groups in total. The summed E-state index contributed by atoms with van der Waals surface area (Å²) in [5, 5.41) is 5.96. The van der Waals surface area contributed by atoms with Gasteiger partial charge < -0.3 is 10.6 Å². The minimum Gasteiger partial charge on any atom is -0.387 e. The topological polar surface area (TPSA) is 57.3 Å². The normalized spacial score (nSPS) is 19.4. The Bertz CT molecular complexity index is 418. The second-order valence-electron chi connectivity index (χ2n) is 4.82. The molecule has 1 aromatic rings. The van der Waals surface area contributed by atoms with Gasteiger partial charge in [-0.3, -0.25) is 9.69 Å². The summed E-state index contributed by atoms with van der Waals surface area (Å²) in [7, 11) is 1.83. The fourth-order valence-corrected chi connectivity index (χ4v) is 2.52. The zero-order valence-corrected chi connectivity index (χ0v) is 11.6. The van der Waals surface area contributed by atoms with E-state index in [1.807, 2.05) is 13.1 Å². The minimum absolute atomic E-state index is 0.0920. The average Bonchev–Trinajstić information content (AvgIpc) is 2.92. The van der Waals surface area contributed by atoms with E-state index in [-0.39, 0.29) is 5.91 Å². The van der Waals surface area contributed by atoms with Crippen LogP contribution in [0.5, 0.6) is 0 Å². The lowest BCUT2D eigenvalue weighted by atomic mass is 10.2. The first kappa shape index (κ1) is 13.8. The number of likely N-dealkylation sites (N-methyl/N-ethyl adjacent to an activating group) is 1. The summed E-state index contributed by atoms with van der Waals surface area (Å²) < 4.78 is 0. The molecule has 1 saturated heterocycles. The molecule has 1 unspecified atom stereocenters. The van der Waals surface area contributed by atoms with Gasteiger partial charge >= 0.3 is 0 Å². The van der Waals surface area contributed by atoms with Gasteiger partial charge in [0.05, 0.1) is 11.9 Å². The quantitative estimate of drug-likeness (QED) is 0.840. The standard InChI is InChI=1S/C14H22N4O/c1-3-18-8-4-5-12(18)10-17-14(19)13-7-6-11(15-2)9-16-13/h6-7,9,12,15H,3-5,8,10H2,1-2H3,(H,17,19). The third kappa shape index (κ3) is 3.44. The monoisotopic (exact) mass is 262 g/mol. The van der Waals surface area contributed by atoms with Crippen molar-refractivity contribution in [3.63, 3.8) is 0 Å². The molecule has 1 aromatic heterocycles. The van der Waals surface area contributed by atoms with Gasteiger partial charge in [-0.2, -0.15) is 0 Å². The highest BCUT2D eigenvalue weighted by Gasteiger charge is 2.23. The van der Waals surface area contributed by atoms with Crippen LogP contribution in [0, 0.1) is 0 Å². The summed E-state index contributed by atoms with van der Waals surface area (Å²) in [6, 6.07) is 4.08. The molecule has 1 aliphatic rings. The van der Waals surface area contributed by atoms with Crippen LogP contribution < -0.4 is 10.6 Å². The fraction of sp³-hybridized carbons (Fsp3) is 0.571. The number of nitrogens with one attached hydrogen (secondary N) is 2. The number of nitrogens with zero attached hydrogens (tertiary/aromatic N) is 2. The van der Waals surface area contributed by atoms with E-state index in [9.17, 15) is 4.79 Å². The minimum atomic E-state index is -0.0920. The zero-order chi connectivity index (χ0) is 13.7. The molecule has 1 fully saturated rings. The Labute approximate surface area is 114 Å². The number of amides is 1. The van der Waals surface area contributed by atoms with Crippen molar-refractivity contribution in [3.05, 3.63) is 24.0 Å². The van der Waals surface area contributed by atoms with E-state index < -0.39 is 0 Å². The second-order valence-corrected chi connectivity index (χ2v) is 4.82. The Morgan fingerprint density at radius 2 is 2.37 bits per heavy atom. The summed E-state index contributed by atoms with van der Waals surface area (Å²) in [6.45, 7) is 5.07. The van der Waals surface area contributed by atoms with Crippen molar-refractivity contribution in [1.29, 1.82) is 0 Å². The molecule has 1 aliphatic heterocycles. The molecule has 2 rings (SSSR count). The molecule has 1 amide bonds. The number of hydrogen-bond donors (Lipinski definition) is 2. The lowest BCUT2D eigenvalue weighted by Gasteiger charge is -2.22. The molecule has 0 radical (unpaired) electrons. The van der Waals surface area contributed by atoms with Crippen LogP contribution in [0.15, 0.2) is 18.3 Å². The Morgan fingerprint density at radius 1 is 1.53 bits per heavy atom. The third-order valence-corrected chi connectivity index (χ3v) is 3.69. The van der Waals surface area contributed by atoms with Crippen molar-refractivity contribution >= 4 is 11.6 Å². The molecule has 0 aliphatic carbocycles. The number of aromatic nitrogens is 1. The highest BCUT2D eigenvalue weighted by molar-refractivity contribution is 5.92. The Balaban J connectivity index is 1.86. The molecule has 19 heavy (non-hydrogen) atoms. The SMILES string of the molecule is CCN1CCCC1CNC(=O)c1ccc(NC)cn1. The lowest BCUT2D eigenvalue weighted by molar-refractivity contribution is 0.0936. The number of rotatable bonds is 5. The zero-order valence-electron chi connectivity index (χ0n) is 11.6. The third-order valence-electron chi connectivity index (χ3n) is 3.69. The first-order valence-corrected chi connectivity index (χ1v) is 6.90. The van der Waals surface area contributed by atoms with Crippen LogP contribution in [0.25, 0.3) is 0 Å². The maximum absolute atomic E-state index is 12.0. The number of pyridine rings is 1. The van der Waals surface area contributed by atoms with Crippen molar-refractivity contribution in [3.8, 4) is 0 Å². The number of anilines is 1. The van der Waals surface area contributed by atoms with Gasteiger partial charge in [-0.15, -0.1) is 0 Å². The lowest BCUT2D eigenvalue weighted by Crippen LogP contribution is -2.40. The maximum atomic E-state index is 12.0. The van der Waals surface area contributed by atoms with E-state index >= 15 is 0 Å². The molecular weight excluding hydrogens is 240 g/mol. The van der Waals surface area contributed by atoms with Gasteiger partial charge in [0, 0.05) is 19.6 Å². The number of hydrogen-bond acceptors (Lipinski definition) is 4. The van der Waals surface area contributed by atoms with Crippen LogP contribution in [0.2, 0.25) is 0 Å². The summed E-state index contributed by atoms with van der Waals surface area (Å²) in [5.74, 6) is -0.0920. The van der Waals surface area contributed by atoms with E-state index in [1.54, 1.807) is 12.3 Å². The van der Waals surface area contributed by atoms with Crippen molar-refractivity contribution in [2.45, 2.75) is 25.8 Å². The molecule has 104 valence electrons. The number of carbonyl (C=O) groups is 1. The smallest absolute Gasteiger partial charge is 0.269 e. The van der Waals surface area contributed by atoms with Crippen LogP contribution in [0.3, 0.4) is 0 Å². The summed E-state index contributed by atoms with van der Waals surface area (Å²) in [5.41, 5.74) is 1.38. The van der Waals surface area contributed by atoms with Crippen molar-refractivity contribution in [2.75, 3.05) is 32.0 Å². The van der Waals surface area contributed by atoms with E-state index in [0.717, 1.165) is 18.8 Å². The maximum Gasteiger partial charge on any atom is 0.269 e. The summed E-state index contributed by atoms with van der Waals surface area (Å²) in [4.78, 5) is 18.5. The predicted molar refractivity (Wildman–Crippen MR) is 76.4 cm³/mol.